The van der Waals surface area contributed by atoms with E-state index in [0.717, 1.165) is 10.0 Å². The predicted molar refractivity (Wildman–Crippen MR) is 63.0 cm³/mol. The number of hydrogen-bond acceptors (Lipinski definition) is 3. The first kappa shape index (κ1) is 11.6. The smallest absolute Gasteiger partial charge is 0.341 e. The Morgan fingerprint density at radius 1 is 1.31 bits per heavy atom. The normalized spacial score (nSPS) is 32.2. The molecule has 1 aromatic carbocycles. The van der Waals surface area contributed by atoms with Crippen molar-refractivity contribution in [1.29, 1.82) is 0 Å². The van der Waals surface area contributed by atoms with Crippen LogP contribution in [0, 0.1) is 0 Å². The zero-order chi connectivity index (χ0) is 12.0. The summed E-state index contributed by atoms with van der Waals surface area (Å²) >= 11 is 3.37. The molecule has 0 N–H and O–H groups in total. The summed E-state index contributed by atoms with van der Waals surface area (Å²) in [6.07, 6.45) is 0. The Labute approximate surface area is 103 Å². The van der Waals surface area contributed by atoms with E-state index < -0.39 is 11.2 Å². The molecule has 0 spiro atoms. The molecule has 1 aromatic rings. The third kappa shape index (κ3) is 1.48. The van der Waals surface area contributed by atoms with E-state index in [9.17, 15) is 4.79 Å². The van der Waals surface area contributed by atoms with E-state index in [1.807, 2.05) is 31.2 Å². The van der Waals surface area contributed by atoms with Gasteiger partial charge in [0.1, 0.15) is 5.60 Å². The van der Waals surface area contributed by atoms with Gasteiger partial charge in [0, 0.05) is 4.47 Å². The van der Waals surface area contributed by atoms with Crippen molar-refractivity contribution in [3.05, 3.63) is 34.3 Å². The highest BCUT2D eigenvalue weighted by Gasteiger charge is 2.70. The summed E-state index contributed by atoms with van der Waals surface area (Å²) in [5.74, 6) is -0.335. The van der Waals surface area contributed by atoms with Crippen molar-refractivity contribution in [1.82, 2.24) is 0 Å². The number of epoxide rings is 1. The molecule has 4 heteroatoms. The molecule has 0 aromatic heterocycles. The summed E-state index contributed by atoms with van der Waals surface area (Å²) in [5.41, 5.74) is -0.472. The van der Waals surface area contributed by atoms with Crippen molar-refractivity contribution < 1.29 is 14.3 Å². The van der Waals surface area contributed by atoms with Gasteiger partial charge in [-0.05, 0) is 31.5 Å². The molecular weight excluding hydrogens is 272 g/mol. The van der Waals surface area contributed by atoms with Crippen LogP contribution in [-0.4, -0.2) is 18.7 Å². The van der Waals surface area contributed by atoms with Gasteiger partial charge in [0.05, 0.1) is 7.11 Å². The molecule has 16 heavy (non-hydrogen) atoms. The van der Waals surface area contributed by atoms with Crippen LogP contribution in [0.2, 0.25) is 0 Å². The van der Waals surface area contributed by atoms with Crippen LogP contribution in [0.15, 0.2) is 28.7 Å². The summed E-state index contributed by atoms with van der Waals surface area (Å²) in [5, 5.41) is 0. The van der Waals surface area contributed by atoms with Crippen molar-refractivity contribution in [2.75, 3.05) is 7.11 Å². The molecule has 0 amide bonds. The molecule has 0 radical (unpaired) electrons. The summed E-state index contributed by atoms with van der Waals surface area (Å²) in [4.78, 5) is 11.6. The van der Waals surface area contributed by atoms with Crippen LogP contribution in [-0.2, 0) is 19.9 Å². The van der Waals surface area contributed by atoms with Crippen LogP contribution < -0.4 is 0 Å². The Morgan fingerprint density at radius 2 is 1.88 bits per heavy atom. The zero-order valence-electron chi connectivity index (χ0n) is 9.41. The fourth-order valence-corrected chi connectivity index (χ4v) is 2.18. The predicted octanol–water partition coefficient (Wildman–Crippen LogP) is 2.63. The first-order valence-corrected chi connectivity index (χ1v) is 5.78. The lowest BCUT2D eigenvalue weighted by atomic mass is 9.89. The lowest BCUT2D eigenvalue weighted by Crippen LogP contribution is -2.29. The molecule has 1 fully saturated rings. The molecule has 2 atom stereocenters. The fraction of sp³-hybridized carbons (Fsp3) is 0.417. The number of rotatable bonds is 2. The summed E-state index contributed by atoms with van der Waals surface area (Å²) in [7, 11) is 1.37. The van der Waals surface area contributed by atoms with Gasteiger partial charge in [-0.1, -0.05) is 28.1 Å². The van der Waals surface area contributed by atoms with Crippen LogP contribution in [0.1, 0.15) is 19.4 Å². The van der Waals surface area contributed by atoms with E-state index in [-0.39, 0.29) is 5.97 Å². The Hall–Kier alpha value is -0.870. The molecule has 1 saturated heterocycles. The molecule has 3 nitrogen and oxygen atoms in total. The summed E-state index contributed by atoms with van der Waals surface area (Å²) < 4.78 is 11.3. The van der Waals surface area contributed by atoms with Crippen LogP contribution in [0.3, 0.4) is 0 Å². The van der Waals surface area contributed by atoms with Crippen LogP contribution >= 0.6 is 15.9 Å². The highest BCUT2D eigenvalue weighted by atomic mass is 79.9. The number of carbonyl (C=O) groups is 1. The monoisotopic (exact) mass is 284 g/mol. The molecule has 2 rings (SSSR count). The molecule has 86 valence electrons. The Balaban J connectivity index is 2.30. The number of benzene rings is 1. The van der Waals surface area contributed by atoms with Crippen LogP contribution in [0.25, 0.3) is 0 Å². The maximum absolute atomic E-state index is 11.6. The first-order valence-electron chi connectivity index (χ1n) is 4.99. The van der Waals surface area contributed by atoms with Gasteiger partial charge < -0.3 is 9.47 Å². The second kappa shape index (κ2) is 3.57. The minimum absolute atomic E-state index is 0.335. The van der Waals surface area contributed by atoms with Gasteiger partial charge in [0.2, 0.25) is 0 Å². The van der Waals surface area contributed by atoms with Crippen molar-refractivity contribution in [3.63, 3.8) is 0 Å². The van der Waals surface area contributed by atoms with Gasteiger partial charge in [0.25, 0.3) is 0 Å². The standard InChI is InChI=1S/C12H13BrO3/c1-11(8-4-6-9(13)7-5-8)12(2,16-11)10(14)15-3/h4-7H,1-3H3. The molecule has 1 aliphatic heterocycles. The number of ether oxygens (including phenoxy) is 2. The van der Waals surface area contributed by atoms with Crippen LogP contribution in [0.5, 0.6) is 0 Å². The van der Waals surface area contributed by atoms with E-state index in [2.05, 4.69) is 15.9 Å². The average molecular weight is 285 g/mol. The molecule has 2 unspecified atom stereocenters. The van der Waals surface area contributed by atoms with Gasteiger partial charge in [-0.3, -0.25) is 0 Å². The molecule has 0 aliphatic carbocycles. The average Bonchev–Trinajstić information content (AvgIpc) is 2.84. The Bertz CT molecular complexity index is 428. The number of carbonyl (C=O) groups excluding carboxylic acids is 1. The third-order valence-electron chi connectivity index (χ3n) is 3.25. The Kier molecular flexibility index (Phi) is 2.59. The molecule has 0 saturated carbocycles. The van der Waals surface area contributed by atoms with E-state index in [4.69, 9.17) is 9.47 Å². The number of hydrogen-bond donors (Lipinski definition) is 0. The quantitative estimate of drug-likeness (QED) is 0.619. The second-order valence-corrected chi connectivity index (χ2v) is 5.08. The lowest BCUT2D eigenvalue weighted by molar-refractivity contribution is -0.146. The number of methoxy groups -OCH3 is 1. The minimum atomic E-state index is -0.865. The zero-order valence-corrected chi connectivity index (χ0v) is 11.0. The fourth-order valence-electron chi connectivity index (χ4n) is 1.92. The van der Waals surface area contributed by atoms with Gasteiger partial charge >= 0.3 is 5.97 Å². The van der Waals surface area contributed by atoms with Gasteiger partial charge in [0.15, 0.2) is 5.60 Å². The van der Waals surface area contributed by atoms with Crippen LogP contribution in [0.4, 0.5) is 0 Å². The summed E-state index contributed by atoms with van der Waals surface area (Å²) in [6.45, 7) is 3.65. The molecular formula is C12H13BrO3. The van der Waals surface area contributed by atoms with Crippen molar-refractivity contribution in [2.24, 2.45) is 0 Å². The lowest BCUT2D eigenvalue weighted by Gasteiger charge is -2.11. The molecule has 0 bridgehead atoms. The third-order valence-corrected chi connectivity index (χ3v) is 3.78. The highest BCUT2D eigenvalue weighted by Crippen LogP contribution is 2.55. The second-order valence-electron chi connectivity index (χ2n) is 4.17. The van der Waals surface area contributed by atoms with Crippen molar-refractivity contribution in [2.45, 2.75) is 25.0 Å². The van der Waals surface area contributed by atoms with E-state index in [1.54, 1.807) is 6.92 Å². The van der Waals surface area contributed by atoms with Crippen molar-refractivity contribution in [3.8, 4) is 0 Å². The van der Waals surface area contributed by atoms with Gasteiger partial charge in [-0.15, -0.1) is 0 Å². The topological polar surface area (TPSA) is 38.8 Å². The van der Waals surface area contributed by atoms with E-state index >= 15 is 0 Å². The van der Waals surface area contributed by atoms with E-state index in [1.165, 1.54) is 7.11 Å². The molecule has 1 aliphatic rings. The summed E-state index contributed by atoms with van der Waals surface area (Å²) in [6, 6.07) is 7.75. The van der Waals surface area contributed by atoms with E-state index in [0.29, 0.717) is 0 Å². The number of esters is 1. The minimum Gasteiger partial charge on any atom is -0.467 e. The van der Waals surface area contributed by atoms with Gasteiger partial charge in [-0.2, -0.15) is 0 Å². The SMILES string of the molecule is COC(=O)C1(C)OC1(C)c1ccc(Br)cc1. The largest absolute Gasteiger partial charge is 0.467 e. The Morgan fingerprint density at radius 3 is 2.38 bits per heavy atom. The maximum Gasteiger partial charge on any atom is 0.341 e. The maximum atomic E-state index is 11.6. The first-order chi connectivity index (χ1) is 7.44. The number of halogens is 1. The highest BCUT2D eigenvalue weighted by molar-refractivity contribution is 9.10. The molecule has 1 heterocycles. The van der Waals surface area contributed by atoms with Crippen molar-refractivity contribution >= 4 is 21.9 Å². The van der Waals surface area contributed by atoms with Gasteiger partial charge in [-0.25, -0.2) is 4.79 Å².